The number of benzene rings is 1. The third-order valence-corrected chi connectivity index (χ3v) is 2.33. The number of nitrogens with one attached hydrogen (secondary N) is 1. The van der Waals surface area contributed by atoms with Gasteiger partial charge in [-0.25, -0.2) is 4.39 Å². The van der Waals surface area contributed by atoms with Crippen molar-refractivity contribution in [2.24, 2.45) is 5.92 Å². The molecule has 1 N–H and O–H groups in total. The Bertz CT molecular complexity index is 362. The molecule has 2 nitrogen and oxygen atoms in total. The Kier molecular flexibility index (Phi) is 1.79. The Morgan fingerprint density at radius 1 is 1.54 bits per heavy atom. The van der Waals surface area contributed by atoms with Gasteiger partial charge < -0.3 is 5.32 Å². The van der Waals surface area contributed by atoms with Crippen LogP contribution in [0.25, 0.3) is 0 Å². The van der Waals surface area contributed by atoms with Crippen molar-refractivity contribution < 1.29 is 9.18 Å². The fourth-order valence-electron chi connectivity index (χ4n) is 1.54. The number of rotatable bonds is 0. The van der Waals surface area contributed by atoms with Crippen LogP contribution in [0.1, 0.15) is 12.5 Å². The van der Waals surface area contributed by atoms with E-state index in [0.29, 0.717) is 17.7 Å². The first kappa shape index (κ1) is 8.23. The van der Waals surface area contributed by atoms with Crippen LogP contribution < -0.4 is 5.32 Å². The van der Waals surface area contributed by atoms with Gasteiger partial charge >= 0.3 is 0 Å². The molecular weight excluding hydrogens is 169 g/mol. The molecule has 0 aromatic heterocycles. The molecule has 0 fully saturated rings. The molecule has 0 aliphatic carbocycles. The van der Waals surface area contributed by atoms with E-state index in [2.05, 4.69) is 5.32 Å². The summed E-state index contributed by atoms with van der Waals surface area (Å²) in [6.45, 7) is 1.80. The summed E-state index contributed by atoms with van der Waals surface area (Å²) in [5.41, 5.74) is 1.23. The van der Waals surface area contributed by atoms with Crippen LogP contribution in [-0.4, -0.2) is 5.91 Å². The monoisotopic (exact) mass is 179 g/mol. The zero-order valence-electron chi connectivity index (χ0n) is 7.30. The van der Waals surface area contributed by atoms with Gasteiger partial charge in [0.05, 0.1) is 0 Å². The minimum absolute atomic E-state index is 0.0295. The second-order valence-electron chi connectivity index (χ2n) is 3.36. The van der Waals surface area contributed by atoms with Gasteiger partial charge in [-0.3, -0.25) is 4.79 Å². The van der Waals surface area contributed by atoms with E-state index in [9.17, 15) is 9.18 Å². The van der Waals surface area contributed by atoms with Crippen molar-refractivity contribution in [1.82, 2.24) is 0 Å². The van der Waals surface area contributed by atoms with Gasteiger partial charge in [-0.05, 0) is 18.6 Å². The minimum atomic E-state index is -0.232. The van der Waals surface area contributed by atoms with Crippen molar-refractivity contribution in [1.29, 1.82) is 0 Å². The van der Waals surface area contributed by atoms with Gasteiger partial charge in [0.25, 0.3) is 0 Å². The van der Waals surface area contributed by atoms with Crippen LogP contribution in [-0.2, 0) is 11.2 Å². The molecule has 68 valence electrons. The molecule has 1 aliphatic rings. The SMILES string of the molecule is CC1Cc2c(F)cccc2NC1=O. The molecule has 1 atom stereocenters. The summed E-state index contributed by atoms with van der Waals surface area (Å²) in [6, 6.07) is 4.75. The first-order chi connectivity index (χ1) is 6.18. The number of amides is 1. The Hall–Kier alpha value is -1.38. The summed E-state index contributed by atoms with van der Waals surface area (Å²) in [6.07, 6.45) is 0.494. The molecule has 0 spiro atoms. The molecule has 0 saturated carbocycles. The molecule has 2 rings (SSSR count). The molecular formula is C10H10FNO. The first-order valence-corrected chi connectivity index (χ1v) is 4.26. The number of anilines is 1. The smallest absolute Gasteiger partial charge is 0.227 e. The van der Waals surface area contributed by atoms with Crippen LogP contribution in [0.2, 0.25) is 0 Å². The van der Waals surface area contributed by atoms with Gasteiger partial charge in [0.2, 0.25) is 5.91 Å². The van der Waals surface area contributed by atoms with E-state index in [1.54, 1.807) is 19.1 Å². The highest BCUT2D eigenvalue weighted by molar-refractivity contribution is 5.95. The van der Waals surface area contributed by atoms with Crippen molar-refractivity contribution in [2.45, 2.75) is 13.3 Å². The van der Waals surface area contributed by atoms with Gasteiger partial charge in [0, 0.05) is 17.2 Å². The van der Waals surface area contributed by atoms with Gasteiger partial charge in [-0.2, -0.15) is 0 Å². The normalized spacial score (nSPS) is 20.8. The van der Waals surface area contributed by atoms with Gasteiger partial charge in [-0.15, -0.1) is 0 Å². The zero-order valence-corrected chi connectivity index (χ0v) is 7.30. The van der Waals surface area contributed by atoms with Crippen molar-refractivity contribution in [3.63, 3.8) is 0 Å². The molecule has 0 radical (unpaired) electrons. The van der Waals surface area contributed by atoms with Crippen LogP contribution in [0.15, 0.2) is 18.2 Å². The lowest BCUT2D eigenvalue weighted by Crippen LogP contribution is -2.28. The number of hydrogen-bond acceptors (Lipinski definition) is 1. The van der Waals surface area contributed by atoms with Crippen molar-refractivity contribution in [3.05, 3.63) is 29.6 Å². The lowest BCUT2D eigenvalue weighted by molar-refractivity contribution is -0.119. The van der Waals surface area contributed by atoms with Crippen LogP contribution in [0.4, 0.5) is 10.1 Å². The molecule has 0 bridgehead atoms. The van der Waals surface area contributed by atoms with Crippen LogP contribution >= 0.6 is 0 Å². The van der Waals surface area contributed by atoms with E-state index in [1.165, 1.54) is 6.07 Å². The average molecular weight is 179 g/mol. The van der Waals surface area contributed by atoms with Crippen LogP contribution in [0, 0.1) is 11.7 Å². The van der Waals surface area contributed by atoms with Crippen molar-refractivity contribution in [2.75, 3.05) is 5.32 Å². The minimum Gasteiger partial charge on any atom is -0.325 e. The summed E-state index contributed by atoms with van der Waals surface area (Å²) >= 11 is 0. The number of hydrogen-bond donors (Lipinski definition) is 1. The van der Waals surface area contributed by atoms with E-state index in [0.717, 1.165) is 0 Å². The summed E-state index contributed by atoms with van der Waals surface area (Å²) in [4.78, 5) is 11.2. The lowest BCUT2D eigenvalue weighted by Gasteiger charge is -2.21. The second-order valence-corrected chi connectivity index (χ2v) is 3.36. The van der Waals surface area contributed by atoms with E-state index >= 15 is 0 Å². The summed E-state index contributed by atoms with van der Waals surface area (Å²) in [5, 5.41) is 2.67. The highest BCUT2D eigenvalue weighted by Crippen LogP contribution is 2.27. The second kappa shape index (κ2) is 2.83. The maximum atomic E-state index is 13.2. The van der Waals surface area contributed by atoms with Crippen molar-refractivity contribution in [3.8, 4) is 0 Å². The van der Waals surface area contributed by atoms with E-state index in [4.69, 9.17) is 0 Å². The van der Waals surface area contributed by atoms with E-state index in [-0.39, 0.29) is 17.6 Å². The first-order valence-electron chi connectivity index (χ1n) is 4.26. The number of fused-ring (bicyclic) bond motifs is 1. The number of halogens is 1. The molecule has 1 aliphatic heterocycles. The standard InChI is InChI=1S/C10H10FNO/c1-6-5-7-8(11)3-2-4-9(7)12-10(6)13/h2-4,6H,5H2,1H3,(H,12,13). The van der Waals surface area contributed by atoms with Gasteiger partial charge in [0.15, 0.2) is 0 Å². The van der Waals surface area contributed by atoms with Gasteiger partial charge in [0.1, 0.15) is 5.82 Å². The predicted octanol–water partition coefficient (Wildman–Crippen LogP) is 1.96. The Morgan fingerprint density at radius 3 is 3.08 bits per heavy atom. The molecule has 1 aromatic carbocycles. The number of carbonyl (C=O) groups is 1. The predicted molar refractivity (Wildman–Crippen MR) is 47.9 cm³/mol. The molecule has 13 heavy (non-hydrogen) atoms. The molecule has 1 unspecified atom stereocenters. The fraction of sp³-hybridized carbons (Fsp3) is 0.300. The molecule has 1 amide bonds. The Morgan fingerprint density at radius 2 is 2.31 bits per heavy atom. The van der Waals surface area contributed by atoms with E-state index in [1.807, 2.05) is 0 Å². The van der Waals surface area contributed by atoms with Crippen LogP contribution in [0.5, 0.6) is 0 Å². The lowest BCUT2D eigenvalue weighted by atomic mass is 9.94. The highest BCUT2D eigenvalue weighted by Gasteiger charge is 2.23. The largest absolute Gasteiger partial charge is 0.325 e. The summed E-state index contributed by atoms with van der Waals surface area (Å²) in [5.74, 6) is -0.396. The molecule has 1 aromatic rings. The zero-order chi connectivity index (χ0) is 9.42. The fourth-order valence-corrected chi connectivity index (χ4v) is 1.54. The maximum absolute atomic E-state index is 13.2. The molecule has 1 heterocycles. The summed E-state index contributed by atoms with van der Waals surface area (Å²) in [7, 11) is 0. The van der Waals surface area contributed by atoms with E-state index < -0.39 is 0 Å². The third kappa shape index (κ3) is 1.30. The molecule has 3 heteroatoms. The number of carbonyl (C=O) groups excluding carboxylic acids is 1. The Balaban J connectivity index is 2.48. The highest BCUT2D eigenvalue weighted by atomic mass is 19.1. The Labute approximate surface area is 75.8 Å². The average Bonchev–Trinajstić information content (AvgIpc) is 2.09. The van der Waals surface area contributed by atoms with Crippen molar-refractivity contribution >= 4 is 11.6 Å². The quantitative estimate of drug-likeness (QED) is 0.648. The van der Waals surface area contributed by atoms with Crippen LogP contribution in [0.3, 0.4) is 0 Å². The maximum Gasteiger partial charge on any atom is 0.227 e. The molecule has 0 saturated heterocycles. The summed E-state index contributed by atoms with van der Waals surface area (Å²) < 4.78 is 13.2. The third-order valence-electron chi connectivity index (χ3n) is 2.33. The van der Waals surface area contributed by atoms with Gasteiger partial charge in [-0.1, -0.05) is 13.0 Å². The topological polar surface area (TPSA) is 29.1 Å².